The van der Waals surface area contributed by atoms with Crippen LogP contribution in [-0.2, 0) is 11.8 Å². The summed E-state index contributed by atoms with van der Waals surface area (Å²) in [7, 11) is 3.14. The molecule has 1 heterocycles. The van der Waals surface area contributed by atoms with E-state index in [1.54, 1.807) is 26.4 Å². The van der Waals surface area contributed by atoms with Gasteiger partial charge in [-0.3, -0.25) is 0 Å². The molecule has 6 heteroatoms. The number of nitrogens with one attached hydrogen (secondary N) is 1. The van der Waals surface area contributed by atoms with Crippen LogP contribution in [0.1, 0.15) is 11.4 Å². The molecule has 6 nitrogen and oxygen atoms in total. The molecule has 0 bridgehead atoms. The second-order valence-corrected chi connectivity index (χ2v) is 5.81. The fourth-order valence-corrected chi connectivity index (χ4v) is 2.84. The zero-order valence-corrected chi connectivity index (χ0v) is 14.1. The van der Waals surface area contributed by atoms with Gasteiger partial charge in [0.05, 0.1) is 37.9 Å². The zero-order chi connectivity index (χ0) is 17.9. The molecule has 3 rings (SSSR count). The Labute approximate surface area is 145 Å². The van der Waals surface area contributed by atoms with Crippen LogP contribution in [0.5, 0.6) is 11.5 Å². The second-order valence-electron chi connectivity index (χ2n) is 5.81. The number of hydrogen-bond acceptors (Lipinski definition) is 5. The maximum Gasteiger partial charge on any atom is 0.142 e. The number of imidazole rings is 1. The number of nitrogens with zero attached hydrogens (tertiary/aromatic N) is 2. The number of benzene rings is 2. The summed E-state index contributed by atoms with van der Waals surface area (Å²) >= 11 is 0. The van der Waals surface area contributed by atoms with Gasteiger partial charge in [0.2, 0.25) is 0 Å². The summed E-state index contributed by atoms with van der Waals surface area (Å²) in [6, 6.07) is 15.2. The van der Waals surface area contributed by atoms with Crippen molar-refractivity contribution in [2.24, 2.45) is 0 Å². The summed E-state index contributed by atoms with van der Waals surface area (Å²) in [4.78, 5) is 7.67. The van der Waals surface area contributed by atoms with Gasteiger partial charge in [-0.15, -0.1) is 0 Å². The SMILES string of the molecule is COc1ccc(CC(C#N)(CO)c2nc3ccccc3[nH]2)c(OC)c1. The number of para-hydroxylation sites is 2. The molecule has 0 aliphatic rings. The highest BCUT2D eigenvalue weighted by Crippen LogP contribution is 2.33. The van der Waals surface area contributed by atoms with Gasteiger partial charge in [0.15, 0.2) is 0 Å². The van der Waals surface area contributed by atoms with Crippen LogP contribution in [0, 0.1) is 11.3 Å². The van der Waals surface area contributed by atoms with E-state index in [2.05, 4.69) is 16.0 Å². The Morgan fingerprint density at radius 2 is 2.00 bits per heavy atom. The van der Waals surface area contributed by atoms with Crippen LogP contribution in [0.15, 0.2) is 42.5 Å². The molecule has 3 aromatic rings. The van der Waals surface area contributed by atoms with Gasteiger partial charge >= 0.3 is 0 Å². The average Bonchev–Trinajstić information content (AvgIpc) is 3.11. The van der Waals surface area contributed by atoms with E-state index < -0.39 is 5.41 Å². The molecule has 0 radical (unpaired) electrons. The number of rotatable bonds is 6. The molecule has 25 heavy (non-hydrogen) atoms. The molecular formula is C19H19N3O3. The number of H-pyrrole nitrogens is 1. The standard InChI is InChI=1S/C19H19N3O3/c1-24-14-8-7-13(17(9-14)25-2)10-19(11-20,12-23)18-21-15-5-3-4-6-16(15)22-18/h3-9,23H,10,12H2,1-2H3,(H,21,22). The first-order chi connectivity index (χ1) is 12.2. The smallest absolute Gasteiger partial charge is 0.142 e. The van der Waals surface area contributed by atoms with Crippen molar-refractivity contribution in [3.8, 4) is 17.6 Å². The highest BCUT2D eigenvalue weighted by molar-refractivity contribution is 5.75. The largest absolute Gasteiger partial charge is 0.497 e. The Kier molecular flexibility index (Phi) is 4.59. The number of aliphatic hydroxyl groups excluding tert-OH is 1. The number of nitriles is 1. The Morgan fingerprint density at radius 1 is 1.20 bits per heavy atom. The average molecular weight is 337 g/mol. The molecule has 0 spiro atoms. The Balaban J connectivity index is 2.05. The second kappa shape index (κ2) is 6.83. The molecule has 1 unspecified atom stereocenters. The van der Waals surface area contributed by atoms with Gasteiger partial charge in [-0.25, -0.2) is 4.98 Å². The first-order valence-electron chi connectivity index (χ1n) is 7.84. The van der Waals surface area contributed by atoms with Crippen molar-refractivity contribution in [2.45, 2.75) is 11.8 Å². The summed E-state index contributed by atoms with van der Waals surface area (Å²) in [6.07, 6.45) is 0.257. The van der Waals surface area contributed by atoms with E-state index in [0.717, 1.165) is 16.6 Å². The van der Waals surface area contributed by atoms with Crippen LogP contribution in [0.3, 0.4) is 0 Å². The van der Waals surface area contributed by atoms with Crippen molar-refractivity contribution >= 4 is 11.0 Å². The van der Waals surface area contributed by atoms with Crippen LogP contribution in [0.2, 0.25) is 0 Å². The number of hydrogen-bond donors (Lipinski definition) is 2. The zero-order valence-electron chi connectivity index (χ0n) is 14.1. The topological polar surface area (TPSA) is 91.2 Å². The third kappa shape index (κ3) is 3.02. The number of ether oxygens (including phenoxy) is 2. The number of methoxy groups -OCH3 is 2. The van der Waals surface area contributed by atoms with E-state index in [1.165, 1.54) is 0 Å². The minimum atomic E-state index is -1.19. The normalized spacial score (nSPS) is 13.2. The first-order valence-corrected chi connectivity index (χ1v) is 7.84. The molecule has 1 aromatic heterocycles. The number of fused-ring (bicyclic) bond motifs is 1. The molecule has 0 fully saturated rings. The molecule has 0 saturated carbocycles. The first kappa shape index (κ1) is 16.8. The lowest BCUT2D eigenvalue weighted by molar-refractivity contribution is 0.222. The van der Waals surface area contributed by atoms with Crippen molar-refractivity contribution in [2.75, 3.05) is 20.8 Å². The fraction of sp³-hybridized carbons (Fsp3) is 0.263. The van der Waals surface area contributed by atoms with Crippen molar-refractivity contribution < 1.29 is 14.6 Å². The quantitative estimate of drug-likeness (QED) is 0.721. The number of aromatic nitrogens is 2. The molecule has 2 aromatic carbocycles. The molecule has 1 atom stereocenters. The third-order valence-corrected chi connectivity index (χ3v) is 4.31. The highest BCUT2D eigenvalue weighted by Gasteiger charge is 2.36. The molecule has 0 aliphatic carbocycles. The molecule has 2 N–H and O–H groups in total. The Morgan fingerprint density at radius 3 is 2.64 bits per heavy atom. The Bertz CT molecular complexity index is 896. The van der Waals surface area contributed by atoms with Crippen molar-refractivity contribution in [3.05, 3.63) is 53.9 Å². The Hall–Kier alpha value is -3.04. The lowest BCUT2D eigenvalue weighted by Gasteiger charge is -2.23. The summed E-state index contributed by atoms with van der Waals surface area (Å²) in [6.45, 7) is -0.363. The number of aromatic amines is 1. The van der Waals surface area contributed by atoms with E-state index >= 15 is 0 Å². The summed E-state index contributed by atoms with van der Waals surface area (Å²) < 4.78 is 10.6. The van der Waals surface area contributed by atoms with Crippen molar-refractivity contribution in [1.82, 2.24) is 9.97 Å². The van der Waals surface area contributed by atoms with Crippen LogP contribution < -0.4 is 9.47 Å². The summed E-state index contributed by atoms with van der Waals surface area (Å²) in [5, 5.41) is 19.9. The number of aliphatic hydroxyl groups is 1. The van der Waals surface area contributed by atoms with Gasteiger partial charge in [0, 0.05) is 12.5 Å². The van der Waals surface area contributed by atoms with E-state index in [4.69, 9.17) is 9.47 Å². The summed E-state index contributed by atoms with van der Waals surface area (Å²) in [5.74, 6) is 1.70. The van der Waals surface area contributed by atoms with E-state index in [9.17, 15) is 10.4 Å². The van der Waals surface area contributed by atoms with Gasteiger partial charge in [-0.1, -0.05) is 18.2 Å². The van der Waals surface area contributed by atoms with Crippen molar-refractivity contribution in [1.29, 1.82) is 5.26 Å². The van der Waals surface area contributed by atoms with E-state index in [-0.39, 0.29) is 13.0 Å². The fourth-order valence-electron chi connectivity index (χ4n) is 2.84. The van der Waals surface area contributed by atoms with Gasteiger partial charge in [0.1, 0.15) is 22.7 Å². The minimum Gasteiger partial charge on any atom is -0.497 e. The van der Waals surface area contributed by atoms with Crippen LogP contribution >= 0.6 is 0 Å². The summed E-state index contributed by atoms with van der Waals surface area (Å²) in [5.41, 5.74) is 1.18. The lowest BCUT2D eigenvalue weighted by atomic mass is 9.82. The van der Waals surface area contributed by atoms with Gasteiger partial charge in [-0.05, 0) is 23.8 Å². The molecule has 0 saturated heterocycles. The predicted octanol–water partition coefficient (Wildman–Crippen LogP) is 2.58. The maximum absolute atomic E-state index is 10.0. The maximum atomic E-state index is 10.0. The minimum absolute atomic E-state index is 0.257. The molecule has 128 valence electrons. The van der Waals surface area contributed by atoms with Crippen LogP contribution in [0.4, 0.5) is 0 Å². The van der Waals surface area contributed by atoms with E-state index in [0.29, 0.717) is 17.3 Å². The van der Waals surface area contributed by atoms with Gasteiger partial charge < -0.3 is 19.6 Å². The molecule has 0 amide bonds. The van der Waals surface area contributed by atoms with Crippen molar-refractivity contribution in [3.63, 3.8) is 0 Å². The molecule has 0 aliphatic heterocycles. The van der Waals surface area contributed by atoms with Crippen LogP contribution in [-0.4, -0.2) is 35.9 Å². The molecular weight excluding hydrogens is 318 g/mol. The van der Waals surface area contributed by atoms with E-state index in [1.807, 2.05) is 30.3 Å². The monoisotopic (exact) mass is 337 g/mol. The van der Waals surface area contributed by atoms with Gasteiger partial charge in [0.25, 0.3) is 0 Å². The highest BCUT2D eigenvalue weighted by atomic mass is 16.5. The lowest BCUT2D eigenvalue weighted by Crippen LogP contribution is -2.33. The van der Waals surface area contributed by atoms with Gasteiger partial charge in [-0.2, -0.15) is 5.26 Å². The predicted molar refractivity (Wildman–Crippen MR) is 93.7 cm³/mol. The third-order valence-electron chi connectivity index (χ3n) is 4.31. The van der Waals surface area contributed by atoms with Crippen LogP contribution in [0.25, 0.3) is 11.0 Å².